The van der Waals surface area contributed by atoms with E-state index in [0.717, 1.165) is 11.0 Å². The highest BCUT2D eigenvalue weighted by Gasteiger charge is 2.09. The van der Waals surface area contributed by atoms with Gasteiger partial charge in [0.05, 0.1) is 5.41 Å². The van der Waals surface area contributed by atoms with Crippen LogP contribution >= 0.6 is 0 Å². The molecule has 0 aliphatic rings. The van der Waals surface area contributed by atoms with Gasteiger partial charge in [0.15, 0.2) is 0 Å². The van der Waals surface area contributed by atoms with E-state index >= 15 is 0 Å². The van der Waals surface area contributed by atoms with Crippen LogP contribution in [0, 0.1) is 0 Å². The highest BCUT2D eigenvalue weighted by atomic mass is 32.2. The maximum Gasteiger partial charge on any atom is 0.255 e. The van der Waals surface area contributed by atoms with Crippen LogP contribution in [0.2, 0.25) is 0 Å². The normalized spacial score (nSPS) is 11.6. The van der Waals surface area contributed by atoms with Crippen molar-refractivity contribution in [1.82, 2.24) is 5.32 Å². The van der Waals surface area contributed by atoms with Crippen LogP contribution < -0.4 is 10.0 Å². The molecule has 24 heavy (non-hydrogen) atoms. The molecule has 0 aliphatic carbocycles. The van der Waals surface area contributed by atoms with Crippen molar-refractivity contribution < 1.29 is 13.2 Å². The van der Waals surface area contributed by atoms with E-state index in [4.69, 9.17) is 0 Å². The predicted octanol–water partition coefficient (Wildman–Crippen LogP) is 3.24. The average Bonchev–Trinajstić information content (AvgIpc) is 2.54. The summed E-state index contributed by atoms with van der Waals surface area (Å²) in [6, 6.07) is 15.5. The van der Waals surface area contributed by atoms with Crippen molar-refractivity contribution in [3.05, 3.63) is 71.1 Å². The van der Waals surface area contributed by atoms with Gasteiger partial charge in [-0.05, 0) is 49.8 Å². The summed E-state index contributed by atoms with van der Waals surface area (Å²) in [6.07, 6.45) is 1.52. The first-order valence-corrected chi connectivity index (χ1v) is 9.07. The van der Waals surface area contributed by atoms with Gasteiger partial charge in [-0.3, -0.25) is 9.52 Å². The first kappa shape index (κ1) is 17.7. The van der Waals surface area contributed by atoms with Crippen LogP contribution in [0.15, 0.2) is 60.0 Å². The highest BCUT2D eigenvalue weighted by Crippen LogP contribution is 2.13. The van der Waals surface area contributed by atoms with Crippen molar-refractivity contribution in [1.29, 1.82) is 0 Å². The number of benzene rings is 2. The Kier molecular flexibility index (Phi) is 5.76. The predicted molar refractivity (Wildman–Crippen MR) is 97.1 cm³/mol. The van der Waals surface area contributed by atoms with Crippen molar-refractivity contribution in [3.63, 3.8) is 0 Å². The maximum absolute atomic E-state index is 12.1. The Morgan fingerprint density at radius 2 is 1.62 bits per heavy atom. The fourth-order valence-corrected chi connectivity index (χ4v) is 2.83. The molecule has 2 aromatic rings. The van der Waals surface area contributed by atoms with E-state index in [2.05, 4.69) is 10.0 Å². The van der Waals surface area contributed by atoms with Gasteiger partial charge in [0.2, 0.25) is 0 Å². The van der Waals surface area contributed by atoms with Gasteiger partial charge in [-0.15, -0.1) is 0 Å². The lowest BCUT2D eigenvalue weighted by molar-refractivity contribution is 0.0943. The second-order valence-electron chi connectivity index (χ2n) is 5.57. The monoisotopic (exact) mass is 344 g/mol. The lowest BCUT2D eigenvalue weighted by Gasteiger charge is -2.09. The molecule has 126 valence electrons. The minimum Gasteiger partial charge on any atom is -0.350 e. The van der Waals surface area contributed by atoms with Crippen LogP contribution in [-0.4, -0.2) is 20.4 Å². The van der Waals surface area contributed by atoms with Crippen LogP contribution in [0.5, 0.6) is 0 Å². The number of nitrogens with one attached hydrogen (secondary N) is 2. The van der Waals surface area contributed by atoms with E-state index in [1.54, 1.807) is 24.3 Å². The van der Waals surface area contributed by atoms with Crippen molar-refractivity contribution in [2.45, 2.75) is 19.9 Å². The molecule has 2 rings (SSSR count). The summed E-state index contributed by atoms with van der Waals surface area (Å²) in [5.41, 5.74) is 1.67. The van der Waals surface area contributed by atoms with Crippen LogP contribution in [0.1, 0.15) is 29.8 Å². The van der Waals surface area contributed by atoms with Gasteiger partial charge in [0.25, 0.3) is 15.9 Å². The largest absolute Gasteiger partial charge is 0.350 e. The van der Waals surface area contributed by atoms with Gasteiger partial charge in [-0.1, -0.05) is 30.3 Å². The SMILES string of the molecule is CC(C)NC(=O)c1ccc(NS(=O)(=O)/C=C/c2ccccc2)cc1. The smallest absolute Gasteiger partial charge is 0.255 e. The molecule has 0 unspecified atom stereocenters. The number of hydrogen-bond acceptors (Lipinski definition) is 3. The molecule has 0 bridgehead atoms. The second-order valence-corrected chi connectivity index (χ2v) is 7.13. The summed E-state index contributed by atoms with van der Waals surface area (Å²) in [5, 5.41) is 3.89. The molecule has 0 saturated carbocycles. The first-order chi connectivity index (χ1) is 11.4. The third-order valence-electron chi connectivity index (χ3n) is 3.07. The zero-order valence-electron chi connectivity index (χ0n) is 13.6. The summed E-state index contributed by atoms with van der Waals surface area (Å²) in [5.74, 6) is -0.191. The molecule has 2 aromatic carbocycles. The van der Waals surface area contributed by atoms with E-state index in [1.165, 1.54) is 6.08 Å². The third-order valence-corrected chi connectivity index (χ3v) is 4.08. The quantitative estimate of drug-likeness (QED) is 0.845. The maximum atomic E-state index is 12.1. The number of sulfonamides is 1. The molecule has 6 heteroatoms. The van der Waals surface area contributed by atoms with Gasteiger partial charge in [-0.2, -0.15) is 0 Å². The zero-order valence-corrected chi connectivity index (χ0v) is 14.4. The number of carbonyl (C=O) groups excluding carboxylic acids is 1. The number of amides is 1. The van der Waals surface area contributed by atoms with Crippen LogP contribution in [-0.2, 0) is 10.0 Å². The molecule has 0 aromatic heterocycles. The number of anilines is 1. The van der Waals surface area contributed by atoms with Crippen LogP contribution in [0.25, 0.3) is 6.08 Å². The van der Waals surface area contributed by atoms with E-state index < -0.39 is 10.0 Å². The van der Waals surface area contributed by atoms with Gasteiger partial charge >= 0.3 is 0 Å². The summed E-state index contributed by atoms with van der Waals surface area (Å²) >= 11 is 0. The van der Waals surface area contributed by atoms with Crippen LogP contribution in [0.4, 0.5) is 5.69 Å². The fraction of sp³-hybridized carbons (Fsp3) is 0.167. The minimum atomic E-state index is -3.62. The topological polar surface area (TPSA) is 75.3 Å². The second kappa shape index (κ2) is 7.79. The summed E-state index contributed by atoms with van der Waals surface area (Å²) < 4.78 is 26.6. The van der Waals surface area contributed by atoms with Gasteiger partial charge in [0.1, 0.15) is 0 Å². The molecule has 0 aliphatic heterocycles. The lowest BCUT2D eigenvalue weighted by atomic mass is 10.2. The molecule has 0 radical (unpaired) electrons. The molecule has 0 heterocycles. The third kappa shape index (κ3) is 5.55. The molecule has 0 saturated heterocycles. The van der Waals surface area contributed by atoms with Crippen molar-refractivity contribution in [2.75, 3.05) is 4.72 Å². The van der Waals surface area contributed by atoms with Crippen molar-refractivity contribution in [2.24, 2.45) is 0 Å². The molecular weight excluding hydrogens is 324 g/mol. The highest BCUT2D eigenvalue weighted by molar-refractivity contribution is 7.95. The molecule has 0 fully saturated rings. The summed E-state index contributed by atoms with van der Waals surface area (Å²) in [6.45, 7) is 3.75. The average molecular weight is 344 g/mol. The Morgan fingerprint density at radius 1 is 1.00 bits per heavy atom. The van der Waals surface area contributed by atoms with E-state index in [9.17, 15) is 13.2 Å². The first-order valence-electron chi connectivity index (χ1n) is 7.52. The summed E-state index contributed by atoms with van der Waals surface area (Å²) in [4.78, 5) is 11.9. The molecule has 5 nitrogen and oxygen atoms in total. The Labute approximate surface area is 142 Å². The summed E-state index contributed by atoms with van der Waals surface area (Å²) in [7, 11) is -3.62. The van der Waals surface area contributed by atoms with Crippen molar-refractivity contribution in [3.8, 4) is 0 Å². The number of carbonyl (C=O) groups is 1. The fourth-order valence-electron chi connectivity index (χ4n) is 1.97. The van der Waals surface area contributed by atoms with Crippen molar-refractivity contribution >= 4 is 27.7 Å². The minimum absolute atomic E-state index is 0.0406. The number of hydrogen-bond donors (Lipinski definition) is 2. The lowest BCUT2D eigenvalue weighted by Crippen LogP contribution is -2.29. The van der Waals surface area contributed by atoms with Gasteiger partial charge < -0.3 is 5.32 Å². The molecule has 0 spiro atoms. The Morgan fingerprint density at radius 3 is 2.21 bits per heavy atom. The van der Waals surface area contributed by atoms with Crippen LogP contribution in [0.3, 0.4) is 0 Å². The molecule has 0 atom stereocenters. The van der Waals surface area contributed by atoms with Gasteiger partial charge in [0, 0.05) is 17.3 Å². The Hall–Kier alpha value is -2.60. The van der Waals surface area contributed by atoms with E-state index in [0.29, 0.717) is 11.3 Å². The number of rotatable bonds is 6. The van der Waals surface area contributed by atoms with Gasteiger partial charge in [-0.25, -0.2) is 8.42 Å². The van der Waals surface area contributed by atoms with E-state index in [-0.39, 0.29) is 11.9 Å². The molecular formula is C18H20N2O3S. The van der Waals surface area contributed by atoms with E-state index in [1.807, 2.05) is 44.2 Å². The molecule has 1 amide bonds. The Balaban J connectivity index is 2.04. The zero-order chi connectivity index (χ0) is 17.6. The molecule has 2 N–H and O–H groups in total. The Bertz CT molecular complexity index is 811. The standard InChI is InChI=1S/C18H20N2O3S/c1-14(2)19-18(21)16-8-10-17(11-9-16)20-24(22,23)13-12-15-6-4-3-5-7-15/h3-14,20H,1-2H3,(H,19,21)/b13-12+.